The molecule has 2 aromatic rings. The van der Waals surface area contributed by atoms with E-state index in [4.69, 9.17) is 10.2 Å². The van der Waals surface area contributed by atoms with E-state index >= 15 is 0 Å². The molecule has 0 radical (unpaired) electrons. The van der Waals surface area contributed by atoms with Gasteiger partial charge in [-0.3, -0.25) is 0 Å². The number of aromatic nitrogens is 1. The lowest BCUT2D eigenvalue weighted by Crippen LogP contribution is -2.37. The summed E-state index contributed by atoms with van der Waals surface area (Å²) in [5.74, 6) is 0. The predicted molar refractivity (Wildman–Crippen MR) is 77.2 cm³/mol. The average molecular weight is 263 g/mol. The van der Waals surface area contributed by atoms with E-state index in [1.54, 1.807) is 0 Å². The Hall–Kier alpha value is -1.75. The molecule has 2 rings (SSSR count). The maximum atomic E-state index is 9.23. The van der Waals surface area contributed by atoms with Crippen LogP contribution in [-0.4, -0.2) is 29.3 Å². The number of aliphatic hydroxyl groups is 1. The number of rotatable bonds is 6. The van der Waals surface area contributed by atoms with Crippen molar-refractivity contribution < 1.29 is 9.52 Å². The molecular weight excluding hydrogens is 242 g/mol. The van der Waals surface area contributed by atoms with Crippen molar-refractivity contribution in [3.8, 4) is 0 Å². The standard InChI is InChI=1S/C14H21N3O2/c1-3-10(4-2)17(8-9-18)14-16-13-11(15)6-5-7-12(13)19-14/h5-7,10,18H,3-4,8-9,15H2,1-2H3. The lowest BCUT2D eigenvalue weighted by atomic mass is 10.1. The van der Waals surface area contributed by atoms with E-state index in [0.717, 1.165) is 12.8 Å². The summed E-state index contributed by atoms with van der Waals surface area (Å²) in [5, 5.41) is 9.23. The van der Waals surface area contributed by atoms with Crippen LogP contribution in [0.15, 0.2) is 22.6 Å². The van der Waals surface area contributed by atoms with Crippen LogP contribution in [0.4, 0.5) is 11.7 Å². The number of aliphatic hydroxyl groups excluding tert-OH is 1. The first kappa shape index (κ1) is 13.7. The topological polar surface area (TPSA) is 75.5 Å². The summed E-state index contributed by atoms with van der Waals surface area (Å²) < 4.78 is 5.77. The Labute approximate surface area is 113 Å². The van der Waals surface area contributed by atoms with Crippen molar-refractivity contribution >= 4 is 22.8 Å². The van der Waals surface area contributed by atoms with Gasteiger partial charge in [-0.2, -0.15) is 4.98 Å². The molecule has 0 aliphatic rings. The first-order chi connectivity index (χ1) is 9.21. The Morgan fingerprint density at radius 2 is 2.11 bits per heavy atom. The number of nitrogen functional groups attached to an aromatic ring is 1. The van der Waals surface area contributed by atoms with Crippen LogP contribution < -0.4 is 10.6 Å². The summed E-state index contributed by atoms with van der Waals surface area (Å²) in [6.07, 6.45) is 1.95. The van der Waals surface area contributed by atoms with Crippen LogP contribution in [0.2, 0.25) is 0 Å². The molecule has 0 unspecified atom stereocenters. The van der Waals surface area contributed by atoms with E-state index in [1.807, 2.05) is 23.1 Å². The van der Waals surface area contributed by atoms with Crippen molar-refractivity contribution in [2.45, 2.75) is 32.7 Å². The molecule has 0 spiro atoms. The van der Waals surface area contributed by atoms with Gasteiger partial charge in [0.05, 0.1) is 12.3 Å². The lowest BCUT2D eigenvalue weighted by Gasteiger charge is -2.28. The summed E-state index contributed by atoms with van der Waals surface area (Å²) in [5.41, 5.74) is 7.88. The molecular formula is C14H21N3O2. The zero-order valence-corrected chi connectivity index (χ0v) is 11.5. The molecule has 0 saturated heterocycles. The fourth-order valence-electron chi connectivity index (χ4n) is 2.35. The van der Waals surface area contributed by atoms with Crippen LogP contribution in [0.5, 0.6) is 0 Å². The zero-order chi connectivity index (χ0) is 13.8. The Morgan fingerprint density at radius 3 is 2.68 bits per heavy atom. The van der Waals surface area contributed by atoms with E-state index in [1.165, 1.54) is 0 Å². The number of para-hydroxylation sites is 1. The molecule has 1 aromatic heterocycles. The number of hydrogen-bond donors (Lipinski definition) is 2. The second-order valence-electron chi connectivity index (χ2n) is 4.58. The summed E-state index contributed by atoms with van der Waals surface area (Å²) in [6.45, 7) is 4.83. The SMILES string of the molecule is CCC(CC)N(CCO)c1nc2c(N)cccc2o1. The van der Waals surface area contributed by atoms with Gasteiger partial charge in [0.25, 0.3) is 6.01 Å². The summed E-state index contributed by atoms with van der Waals surface area (Å²) in [6, 6.07) is 6.35. The van der Waals surface area contributed by atoms with Gasteiger partial charge < -0.3 is 20.2 Å². The Bertz CT molecular complexity index is 534. The van der Waals surface area contributed by atoms with Crippen LogP contribution in [0.25, 0.3) is 11.1 Å². The number of fused-ring (bicyclic) bond motifs is 1. The smallest absolute Gasteiger partial charge is 0.298 e. The molecule has 3 N–H and O–H groups in total. The number of benzene rings is 1. The maximum Gasteiger partial charge on any atom is 0.298 e. The van der Waals surface area contributed by atoms with E-state index < -0.39 is 0 Å². The average Bonchev–Trinajstić information content (AvgIpc) is 2.84. The van der Waals surface area contributed by atoms with Crippen molar-refractivity contribution in [1.29, 1.82) is 0 Å². The highest BCUT2D eigenvalue weighted by atomic mass is 16.4. The van der Waals surface area contributed by atoms with Gasteiger partial charge in [-0.05, 0) is 25.0 Å². The first-order valence-corrected chi connectivity index (χ1v) is 6.73. The normalized spacial score (nSPS) is 11.4. The van der Waals surface area contributed by atoms with Crippen LogP contribution in [-0.2, 0) is 0 Å². The third kappa shape index (κ3) is 2.66. The summed E-state index contributed by atoms with van der Waals surface area (Å²) in [7, 11) is 0. The molecule has 0 atom stereocenters. The van der Waals surface area contributed by atoms with Crippen molar-refractivity contribution in [1.82, 2.24) is 4.98 Å². The van der Waals surface area contributed by atoms with Gasteiger partial charge in [0.15, 0.2) is 5.58 Å². The largest absolute Gasteiger partial charge is 0.423 e. The molecule has 5 heteroatoms. The van der Waals surface area contributed by atoms with Gasteiger partial charge in [0, 0.05) is 12.6 Å². The molecule has 0 saturated carbocycles. The van der Waals surface area contributed by atoms with Crippen molar-refractivity contribution in [2.75, 3.05) is 23.8 Å². The Kier molecular flexibility index (Phi) is 4.27. The number of anilines is 2. The van der Waals surface area contributed by atoms with E-state index in [9.17, 15) is 5.11 Å². The molecule has 1 heterocycles. The molecule has 0 fully saturated rings. The third-order valence-electron chi connectivity index (χ3n) is 3.41. The third-order valence-corrected chi connectivity index (χ3v) is 3.41. The number of hydrogen-bond acceptors (Lipinski definition) is 5. The molecule has 0 aliphatic heterocycles. The molecule has 0 amide bonds. The van der Waals surface area contributed by atoms with E-state index in [0.29, 0.717) is 35.4 Å². The second-order valence-corrected chi connectivity index (χ2v) is 4.58. The maximum absolute atomic E-state index is 9.23. The minimum atomic E-state index is 0.0741. The Balaban J connectivity index is 2.41. The molecule has 104 valence electrons. The molecule has 0 bridgehead atoms. The number of nitrogens with two attached hydrogens (primary N) is 1. The van der Waals surface area contributed by atoms with Gasteiger partial charge in [-0.15, -0.1) is 0 Å². The van der Waals surface area contributed by atoms with Gasteiger partial charge in [0.1, 0.15) is 5.52 Å². The van der Waals surface area contributed by atoms with Crippen LogP contribution in [0, 0.1) is 0 Å². The van der Waals surface area contributed by atoms with Crippen molar-refractivity contribution in [3.63, 3.8) is 0 Å². The van der Waals surface area contributed by atoms with Crippen molar-refractivity contribution in [2.24, 2.45) is 0 Å². The summed E-state index contributed by atoms with van der Waals surface area (Å²) in [4.78, 5) is 6.48. The second kappa shape index (κ2) is 5.93. The first-order valence-electron chi connectivity index (χ1n) is 6.73. The molecule has 19 heavy (non-hydrogen) atoms. The van der Waals surface area contributed by atoms with E-state index in [-0.39, 0.29) is 6.61 Å². The molecule has 1 aromatic carbocycles. The van der Waals surface area contributed by atoms with E-state index in [2.05, 4.69) is 18.8 Å². The lowest BCUT2D eigenvalue weighted by molar-refractivity contribution is 0.292. The van der Waals surface area contributed by atoms with Gasteiger partial charge in [-0.25, -0.2) is 0 Å². The highest BCUT2D eigenvalue weighted by Gasteiger charge is 2.21. The van der Waals surface area contributed by atoms with Crippen LogP contribution in [0.1, 0.15) is 26.7 Å². The van der Waals surface area contributed by atoms with Crippen LogP contribution in [0.3, 0.4) is 0 Å². The minimum Gasteiger partial charge on any atom is -0.423 e. The highest BCUT2D eigenvalue weighted by Crippen LogP contribution is 2.27. The van der Waals surface area contributed by atoms with Gasteiger partial charge in [0.2, 0.25) is 0 Å². The van der Waals surface area contributed by atoms with Gasteiger partial charge in [-0.1, -0.05) is 19.9 Å². The monoisotopic (exact) mass is 263 g/mol. The quantitative estimate of drug-likeness (QED) is 0.783. The molecule has 5 nitrogen and oxygen atoms in total. The van der Waals surface area contributed by atoms with Crippen LogP contribution >= 0.6 is 0 Å². The highest BCUT2D eigenvalue weighted by molar-refractivity contribution is 5.86. The van der Waals surface area contributed by atoms with Crippen molar-refractivity contribution in [3.05, 3.63) is 18.2 Å². The molecule has 0 aliphatic carbocycles. The zero-order valence-electron chi connectivity index (χ0n) is 11.5. The predicted octanol–water partition coefficient (Wildman–Crippen LogP) is 2.40. The number of nitrogens with zero attached hydrogens (tertiary/aromatic N) is 2. The fourth-order valence-corrected chi connectivity index (χ4v) is 2.35. The minimum absolute atomic E-state index is 0.0741. The summed E-state index contributed by atoms with van der Waals surface area (Å²) >= 11 is 0. The van der Waals surface area contributed by atoms with Gasteiger partial charge >= 0.3 is 0 Å². The Morgan fingerprint density at radius 1 is 1.37 bits per heavy atom. The fraction of sp³-hybridized carbons (Fsp3) is 0.500. The number of oxazole rings is 1.